The topological polar surface area (TPSA) is 38.5 Å². The average molecular weight is 406 g/mol. The first-order valence-electron chi connectivity index (χ1n) is 10.2. The van der Waals surface area contributed by atoms with E-state index in [2.05, 4.69) is 24.0 Å². The van der Waals surface area contributed by atoms with Crippen molar-refractivity contribution in [2.75, 3.05) is 32.0 Å². The summed E-state index contributed by atoms with van der Waals surface area (Å²) in [5.74, 6) is 1.09. The molecular formula is C23H29F3N2O. The normalized spacial score (nSPS) is 20.6. The fraction of sp³-hybridized carbons (Fsp3) is 0.478. The lowest BCUT2D eigenvalue weighted by atomic mass is 9.80. The lowest BCUT2D eigenvalue weighted by Crippen LogP contribution is -2.42. The Kier molecular flexibility index (Phi) is 7.06. The van der Waals surface area contributed by atoms with E-state index in [-0.39, 0.29) is 5.92 Å². The lowest BCUT2D eigenvalue weighted by Gasteiger charge is -2.39. The van der Waals surface area contributed by atoms with E-state index >= 15 is 0 Å². The highest BCUT2D eigenvalue weighted by Crippen LogP contribution is 2.35. The zero-order chi connectivity index (χ0) is 20.9. The monoisotopic (exact) mass is 406 g/mol. The van der Waals surface area contributed by atoms with Gasteiger partial charge >= 0.3 is 6.18 Å². The highest BCUT2D eigenvalue weighted by Gasteiger charge is 2.32. The van der Waals surface area contributed by atoms with E-state index in [1.54, 1.807) is 0 Å². The lowest BCUT2D eigenvalue weighted by molar-refractivity contribution is -0.137. The molecule has 0 spiro atoms. The summed E-state index contributed by atoms with van der Waals surface area (Å²) in [7, 11) is 0. The molecule has 3 rings (SSSR count). The van der Waals surface area contributed by atoms with E-state index in [0.29, 0.717) is 18.3 Å². The summed E-state index contributed by atoms with van der Waals surface area (Å²) in [6.45, 7) is 5.71. The number of hydrogen-bond donors (Lipinski definition) is 1. The molecule has 0 amide bonds. The first-order valence-corrected chi connectivity index (χ1v) is 10.2. The zero-order valence-corrected chi connectivity index (χ0v) is 16.8. The molecule has 29 heavy (non-hydrogen) atoms. The summed E-state index contributed by atoms with van der Waals surface area (Å²) in [5.41, 5.74) is 7.16. The van der Waals surface area contributed by atoms with Gasteiger partial charge in [-0.25, -0.2) is 0 Å². The third-order valence-corrected chi connectivity index (χ3v) is 5.66. The van der Waals surface area contributed by atoms with Crippen molar-refractivity contribution < 1.29 is 17.9 Å². The number of ether oxygens (including phenoxy) is 1. The fourth-order valence-electron chi connectivity index (χ4n) is 3.99. The molecule has 0 aliphatic carbocycles. The number of rotatable bonds is 7. The number of benzene rings is 2. The molecule has 1 fully saturated rings. The van der Waals surface area contributed by atoms with Crippen molar-refractivity contribution >= 4 is 5.69 Å². The highest BCUT2D eigenvalue weighted by molar-refractivity contribution is 5.40. The van der Waals surface area contributed by atoms with Gasteiger partial charge in [-0.15, -0.1) is 0 Å². The van der Waals surface area contributed by atoms with Crippen LogP contribution in [0.15, 0.2) is 48.5 Å². The Hall–Kier alpha value is -2.21. The second kappa shape index (κ2) is 9.53. The van der Waals surface area contributed by atoms with Crippen molar-refractivity contribution in [3.8, 4) is 5.75 Å². The number of hydrogen-bond acceptors (Lipinski definition) is 3. The van der Waals surface area contributed by atoms with Crippen LogP contribution in [0.25, 0.3) is 0 Å². The fourth-order valence-corrected chi connectivity index (χ4v) is 3.99. The Labute approximate surface area is 170 Å². The van der Waals surface area contributed by atoms with E-state index in [4.69, 9.17) is 10.5 Å². The summed E-state index contributed by atoms with van der Waals surface area (Å²) >= 11 is 0. The molecule has 0 aromatic heterocycles. The molecule has 2 N–H and O–H groups in total. The van der Waals surface area contributed by atoms with Crippen LogP contribution in [-0.4, -0.2) is 31.1 Å². The van der Waals surface area contributed by atoms with Gasteiger partial charge in [0, 0.05) is 18.2 Å². The van der Waals surface area contributed by atoms with Crippen LogP contribution < -0.4 is 10.5 Å². The molecule has 158 valence electrons. The molecule has 1 saturated heterocycles. The average Bonchev–Trinajstić information content (AvgIpc) is 2.71. The molecule has 2 aromatic rings. The van der Waals surface area contributed by atoms with Crippen LogP contribution in [-0.2, 0) is 6.18 Å². The van der Waals surface area contributed by atoms with Crippen molar-refractivity contribution in [1.29, 1.82) is 0 Å². The molecule has 2 unspecified atom stereocenters. The van der Waals surface area contributed by atoms with Crippen LogP contribution in [0.2, 0.25) is 0 Å². The molecule has 1 heterocycles. The first-order chi connectivity index (χ1) is 13.9. The van der Waals surface area contributed by atoms with Crippen LogP contribution in [0.1, 0.15) is 43.2 Å². The van der Waals surface area contributed by atoms with Crippen molar-refractivity contribution in [1.82, 2.24) is 4.90 Å². The Morgan fingerprint density at radius 2 is 1.76 bits per heavy atom. The molecule has 0 saturated carbocycles. The standard InChI is InChI=1S/C23H29F3N2O/c1-2-3-13-28-14-12-22(17-4-8-20(27)9-5-17)18(15-28)16-29-21-10-6-19(7-11-21)23(24,25)26/h4-11,18,22H,2-3,12-16,27H2,1H3. The van der Waals surface area contributed by atoms with Crippen LogP contribution >= 0.6 is 0 Å². The third-order valence-electron chi connectivity index (χ3n) is 5.66. The number of nitrogen functional groups attached to an aromatic ring is 1. The van der Waals surface area contributed by atoms with Crippen LogP contribution in [0, 0.1) is 5.92 Å². The summed E-state index contributed by atoms with van der Waals surface area (Å²) < 4.78 is 44.2. The molecule has 3 nitrogen and oxygen atoms in total. The predicted molar refractivity (Wildman–Crippen MR) is 110 cm³/mol. The summed E-state index contributed by atoms with van der Waals surface area (Å²) in [5, 5.41) is 0. The number of unbranched alkanes of at least 4 members (excludes halogenated alkanes) is 1. The van der Waals surface area contributed by atoms with E-state index in [1.165, 1.54) is 24.1 Å². The van der Waals surface area contributed by atoms with Crippen molar-refractivity contribution in [2.45, 2.75) is 38.3 Å². The largest absolute Gasteiger partial charge is 0.493 e. The molecular weight excluding hydrogens is 377 g/mol. The first kappa shape index (κ1) is 21.5. The van der Waals surface area contributed by atoms with Crippen LogP contribution in [0.3, 0.4) is 0 Å². The summed E-state index contributed by atoms with van der Waals surface area (Å²) in [6, 6.07) is 12.9. The van der Waals surface area contributed by atoms with Gasteiger partial charge in [0.05, 0.1) is 12.2 Å². The van der Waals surface area contributed by atoms with E-state index in [9.17, 15) is 13.2 Å². The van der Waals surface area contributed by atoms with Gasteiger partial charge in [0.2, 0.25) is 0 Å². The van der Waals surface area contributed by atoms with Gasteiger partial charge in [0.25, 0.3) is 0 Å². The SMILES string of the molecule is CCCCN1CCC(c2ccc(N)cc2)C(COc2ccc(C(F)(F)F)cc2)C1. The third kappa shape index (κ3) is 5.89. The van der Waals surface area contributed by atoms with Crippen LogP contribution in [0.5, 0.6) is 5.75 Å². The molecule has 1 aliphatic rings. The quantitative estimate of drug-likeness (QED) is 0.611. The number of nitrogens with zero attached hydrogens (tertiary/aromatic N) is 1. The van der Waals surface area contributed by atoms with Crippen molar-refractivity contribution in [3.63, 3.8) is 0 Å². The second-order valence-electron chi connectivity index (χ2n) is 7.81. The van der Waals surface area contributed by atoms with Crippen molar-refractivity contribution in [3.05, 3.63) is 59.7 Å². The summed E-state index contributed by atoms with van der Waals surface area (Å²) in [6.07, 6.45) is -0.972. The minimum atomic E-state index is -4.33. The maximum atomic E-state index is 12.8. The number of likely N-dealkylation sites (tertiary alicyclic amines) is 1. The van der Waals surface area contributed by atoms with Gasteiger partial charge in [0.15, 0.2) is 0 Å². The Balaban J connectivity index is 1.69. The molecule has 6 heteroatoms. The molecule has 0 radical (unpaired) electrons. The smallest absolute Gasteiger partial charge is 0.416 e. The molecule has 2 atom stereocenters. The Morgan fingerprint density at radius 1 is 1.07 bits per heavy atom. The van der Waals surface area contributed by atoms with Crippen molar-refractivity contribution in [2.24, 2.45) is 5.92 Å². The number of piperidine rings is 1. The summed E-state index contributed by atoms with van der Waals surface area (Å²) in [4.78, 5) is 2.47. The van der Waals surface area contributed by atoms with E-state index in [1.807, 2.05) is 12.1 Å². The Bertz CT molecular complexity index is 759. The van der Waals surface area contributed by atoms with Gasteiger partial charge in [-0.2, -0.15) is 13.2 Å². The van der Waals surface area contributed by atoms with Gasteiger partial charge in [-0.05, 0) is 73.8 Å². The maximum Gasteiger partial charge on any atom is 0.416 e. The van der Waals surface area contributed by atoms with Gasteiger partial charge in [0.1, 0.15) is 5.75 Å². The number of alkyl halides is 3. The maximum absolute atomic E-state index is 12.8. The molecule has 0 bridgehead atoms. The number of halogens is 3. The van der Waals surface area contributed by atoms with Crippen LogP contribution in [0.4, 0.5) is 18.9 Å². The number of nitrogens with two attached hydrogens (primary N) is 1. The zero-order valence-electron chi connectivity index (χ0n) is 16.8. The Morgan fingerprint density at radius 3 is 2.38 bits per heavy atom. The second-order valence-corrected chi connectivity index (χ2v) is 7.81. The van der Waals surface area contributed by atoms with Gasteiger partial charge in [-0.1, -0.05) is 25.5 Å². The van der Waals surface area contributed by atoms with E-state index < -0.39 is 11.7 Å². The van der Waals surface area contributed by atoms with Gasteiger partial charge < -0.3 is 15.4 Å². The minimum Gasteiger partial charge on any atom is -0.493 e. The highest BCUT2D eigenvalue weighted by atomic mass is 19.4. The number of anilines is 1. The molecule has 1 aliphatic heterocycles. The predicted octanol–water partition coefficient (Wildman–Crippen LogP) is 5.57. The van der Waals surface area contributed by atoms with Gasteiger partial charge in [-0.3, -0.25) is 0 Å². The van der Waals surface area contributed by atoms with E-state index in [0.717, 1.165) is 50.3 Å². The minimum absolute atomic E-state index is 0.270. The molecule has 2 aromatic carbocycles.